The topological polar surface area (TPSA) is 46.5 Å². The van der Waals surface area contributed by atoms with Crippen molar-refractivity contribution in [2.75, 3.05) is 7.11 Å². The Bertz CT molecular complexity index is 1100. The normalized spacial score (nSPS) is 11.3. The monoisotopic (exact) mass is 308 g/mol. The van der Waals surface area contributed by atoms with Crippen LogP contribution in [0.25, 0.3) is 30.9 Å². The van der Waals surface area contributed by atoms with Crippen LogP contribution in [0, 0.1) is 0 Å². The third-order valence-corrected chi connectivity index (χ3v) is 5.13. The number of methoxy groups -OCH3 is 1. The van der Waals surface area contributed by atoms with E-state index in [1.807, 2.05) is 36.4 Å². The van der Waals surface area contributed by atoms with Gasteiger partial charge < -0.3 is 9.84 Å². The van der Waals surface area contributed by atoms with E-state index in [0.29, 0.717) is 21.2 Å². The van der Waals surface area contributed by atoms with E-state index in [-0.39, 0.29) is 11.2 Å². The van der Waals surface area contributed by atoms with Crippen LogP contribution in [0.1, 0.15) is 0 Å². The van der Waals surface area contributed by atoms with Gasteiger partial charge in [0.25, 0.3) is 0 Å². The first-order valence-corrected chi connectivity index (χ1v) is 7.66. The molecule has 0 bridgehead atoms. The minimum absolute atomic E-state index is 0.00731. The Balaban J connectivity index is 2.33. The maximum atomic E-state index is 12.8. The Morgan fingerprint density at radius 2 is 1.77 bits per heavy atom. The third kappa shape index (κ3) is 1.71. The van der Waals surface area contributed by atoms with E-state index in [1.165, 1.54) is 17.4 Å². The van der Waals surface area contributed by atoms with Crippen molar-refractivity contribution in [3.05, 3.63) is 58.8 Å². The Kier molecular flexibility index (Phi) is 2.81. The van der Waals surface area contributed by atoms with Gasteiger partial charge in [0, 0.05) is 10.1 Å². The summed E-state index contributed by atoms with van der Waals surface area (Å²) in [6, 6.07) is 14.9. The highest BCUT2D eigenvalue weighted by Gasteiger charge is 2.15. The Hall–Kier alpha value is -2.59. The molecular formula is C18H12O3S. The van der Waals surface area contributed by atoms with E-state index < -0.39 is 0 Å². The van der Waals surface area contributed by atoms with Crippen LogP contribution in [-0.4, -0.2) is 12.2 Å². The molecule has 0 unspecified atom stereocenters. The molecule has 4 heteroatoms. The number of ether oxygens (including phenoxy) is 1. The maximum absolute atomic E-state index is 12.8. The molecule has 0 atom stereocenters. The number of phenols is 1. The van der Waals surface area contributed by atoms with Gasteiger partial charge in [0.2, 0.25) is 0 Å². The maximum Gasteiger partial charge on any atom is 0.199 e. The first-order valence-electron chi connectivity index (χ1n) is 6.85. The van der Waals surface area contributed by atoms with Gasteiger partial charge in [-0.25, -0.2) is 0 Å². The molecule has 0 radical (unpaired) electrons. The lowest BCUT2D eigenvalue weighted by atomic mass is 10.1. The molecule has 0 saturated carbocycles. The van der Waals surface area contributed by atoms with Gasteiger partial charge in [-0.05, 0) is 29.0 Å². The van der Waals surface area contributed by atoms with Crippen LogP contribution < -0.4 is 10.2 Å². The largest absolute Gasteiger partial charge is 0.507 e. The molecule has 0 aliphatic carbocycles. The molecule has 0 saturated heterocycles. The molecule has 108 valence electrons. The van der Waals surface area contributed by atoms with E-state index >= 15 is 0 Å². The number of phenolic OH excluding ortho intramolecular Hbond substituents is 1. The zero-order valence-corrected chi connectivity index (χ0v) is 12.6. The molecule has 0 amide bonds. The molecule has 0 aliphatic rings. The zero-order valence-electron chi connectivity index (χ0n) is 11.8. The molecule has 0 spiro atoms. The van der Waals surface area contributed by atoms with E-state index in [4.69, 9.17) is 4.74 Å². The Labute approximate surface area is 130 Å². The quantitative estimate of drug-likeness (QED) is 0.421. The van der Waals surface area contributed by atoms with Crippen molar-refractivity contribution in [3.63, 3.8) is 0 Å². The minimum atomic E-state index is -0.161. The van der Waals surface area contributed by atoms with Crippen molar-refractivity contribution in [2.45, 2.75) is 0 Å². The second kappa shape index (κ2) is 4.71. The molecule has 1 heterocycles. The lowest BCUT2D eigenvalue weighted by Crippen LogP contribution is -2.02. The fourth-order valence-corrected chi connectivity index (χ4v) is 4.13. The fraction of sp³-hybridized carbons (Fsp3) is 0.0556. The first kappa shape index (κ1) is 13.1. The van der Waals surface area contributed by atoms with Crippen LogP contribution in [-0.2, 0) is 0 Å². The second-order valence-electron chi connectivity index (χ2n) is 5.09. The van der Waals surface area contributed by atoms with Crippen LogP contribution in [0.4, 0.5) is 0 Å². The van der Waals surface area contributed by atoms with Gasteiger partial charge in [-0.15, -0.1) is 11.3 Å². The molecular weight excluding hydrogens is 296 g/mol. The molecule has 1 N–H and O–H groups in total. The van der Waals surface area contributed by atoms with Gasteiger partial charge in [-0.1, -0.05) is 30.3 Å². The highest BCUT2D eigenvalue weighted by Crippen LogP contribution is 2.38. The minimum Gasteiger partial charge on any atom is -0.507 e. The smallest absolute Gasteiger partial charge is 0.199 e. The standard InChI is InChI=1S/C18H12O3S/c1-21-14-9-8-13(19)15-16(20)12-7-6-10-4-2-3-5-11(10)17(12)22-18(14)15/h2-9,19H,1H3. The summed E-state index contributed by atoms with van der Waals surface area (Å²) >= 11 is 1.48. The third-order valence-electron chi connectivity index (χ3n) is 3.87. The summed E-state index contributed by atoms with van der Waals surface area (Å²) in [5.41, 5.74) is -0.161. The highest BCUT2D eigenvalue weighted by molar-refractivity contribution is 7.25. The molecule has 22 heavy (non-hydrogen) atoms. The lowest BCUT2D eigenvalue weighted by Gasteiger charge is -2.09. The van der Waals surface area contributed by atoms with E-state index in [9.17, 15) is 9.90 Å². The summed E-state index contributed by atoms with van der Waals surface area (Å²) in [7, 11) is 1.57. The predicted octanol–water partition coefficient (Wildman–Crippen LogP) is 4.28. The first-order chi connectivity index (χ1) is 10.7. The van der Waals surface area contributed by atoms with Crippen LogP contribution >= 0.6 is 11.3 Å². The number of rotatable bonds is 1. The van der Waals surface area contributed by atoms with Gasteiger partial charge in [0.15, 0.2) is 5.43 Å². The summed E-state index contributed by atoms with van der Waals surface area (Å²) < 4.78 is 6.95. The second-order valence-corrected chi connectivity index (χ2v) is 6.11. The van der Waals surface area contributed by atoms with E-state index in [0.717, 1.165) is 15.5 Å². The van der Waals surface area contributed by atoms with Gasteiger partial charge in [0.1, 0.15) is 11.5 Å². The van der Waals surface area contributed by atoms with Crippen molar-refractivity contribution >= 4 is 42.3 Å². The summed E-state index contributed by atoms with van der Waals surface area (Å²) in [5, 5.41) is 13.2. The van der Waals surface area contributed by atoms with Gasteiger partial charge in [0.05, 0.1) is 17.2 Å². The number of hydrogen-bond acceptors (Lipinski definition) is 4. The van der Waals surface area contributed by atoms with Crippen molar-refractivity contribution in [2.24, 2.45) is 0 Å². The molecule has 0 fully saturated rings. The zero-order chi connectivity index (χ0) is 15.3. The van der Waals surface area contributed by atoms with Crippen molar-refractivity contribution < 1.29 is 9.84 Å². The van der Waals surface area contributed by atoms with E-state index in [1.54, 1.807) is 13.2 Å². The number of fused-ring (bicyclic) bond motifs is 4. The van der Waals surface area contributed by atoms with Crippen molar-refractivity contribution in [1.29, 1.82) is 0 Å². The predicted molar refractivity (Wildman–Crippen MR) is 91.3 cm³/mol. The van der Waals surface area contributed by atoms with Crippen LogP contribution in [0.15, 0.2) is 53.3 Å². The lowest BCUT2D eigenvalue weighted by molar-refractivity contribution is 0.419. The average Bonchev–Trinajstić information content (AvgIpc) is 2.55. The number of aromatic hydroxyl groups is 1. The molecule has 1 aromatic heterocycles. The Morgan fingerprint density at radius 3 is 2.59 bits per heavy atom. The average molecular weight is 308 g/mol. The van der Waals surface area contributed by atoms with Crippen LogP contribution in [0.2, 0.25) is 0 Å². The van der Waals surface area contributed by atoms with Crippen molar-refractivity contribution in [1.82, 2.24) is 0 Å². The summed E-state index contributed by atoms with van der Waals surface area (Å²) in [6.45, 7) is 0. The molecule has 3 nitrogen and oxygen atoms in total. The SMILES string of the molecule is COc1ccc(O)c2c(=O)c3ccc4ccccc4c3sc12. The van der Waals surface area contributed by atoms with Gasteiger partial charge in [-0.3, -0.25) is 4.79 Å². The van der Waals surface area contributed by atoms with Gasteiger partial charge >= 0.3 is 0 Å². The van der Waals surface area contributed by atoms with Crippen LogP contribution in [0.5, 0.6) is 11.5 Å². The highest BCUT2D eigenvalue weighted by atomic mass is 32.1. The van der Waals surface area contributed by atoms with Crippen LogP contribution in [0.3, 0.4) is 0 Å². The Morgan fingerprint density at radius 1 is 0.955 bits per heavy atom. The van der Waals surface area contributed by atoms with Gasteiger partial charge in [-0.2, -0.15) is 0 Å². The summed E-state index contributed by atoms with van der Waals surface area (Å²) in [6.07, 6.45) is 0. The van der Waals surface area contributed by atoms with Crippen molar-refractivity contribution in [3.8, 4) is 11.5 Å². The molecule has 0 aliphatic heterocycles. The number of benzene rings is 3. The molecule has 4 aromatic rings. The van der Waals surface area contributed by atoms with E-state index in [2.05, 4.69) is 0 Å². The summed E-state index contributed by atoms with van der Waals surface area (Å²) in [4.78, 5) is 12.8. The fourth-order valence-electron chi connectivity index (χ4n) is 2.80. The summed E-state index contributed by atoms with van der Waals surface area (Å²) in [5.74, 6) is 0.594. The number of hydrogen-bond donors (Lipinski definition) is 1. The molecule has 4 rings (SSSR count). The molecule has 3 aromatic carbocycles.